The van der Waals surface area contributed by atoms with Crippen molar-refractivity contribution in [3.8, 4) is 5.69 Å². The van der Waals surface area contributed by atoms with Crippen molar-refractivity contribution in [1.82, 2.24) is 19.7 Å². The summed E-state index contributed by atoms with van der Waals surface area (Å²) in [5, 5.41) is 8.46. The summed E-state index contributed by atoms with van der Waals surface area (Å²) >= 11 is 6.07. The average molecular weight is 478 g/mol. The van der Waals surface area contributed by atoms with E-state index in [4.69, 9.17) is 16.0 Å². The van der Waals surface area contributed by atoms with Gasteiger partial charge in [0, 0.05) is 30.4 Å². The Bertz CT molecular complexity index is 1340. The van der Waals surface area contributed by atoms with Crippen LogP contribution in [0, 0.1) is 19.8 Å². The van der Waals surface area contributed by atoms with E-state index in [2.05, 4.69) is 22.3 Å². The molecule has 0 bridgehead atoms. The van der Waals surface area contributed by atoms with Gasteiger partial charge in [-0.1, -0.05) is 30.2 Å². The lowest BCUT2D eigenvalue weighted by Crippen LogP contribution is -2.51. The van der Waals surface area contributed by atoms with Gasteiger partial charge < -0.3 is 14.6 Å². The molecule has 2 aromatic carbocycles. The maximum absolute atomic E-state index is 13.9. The van der Waals surface area contributed by atoms with Gasteiger partial charge in [-0.25, -0.2) is 4.68 Å². The number of hydrogen-bond donors (Lipinski definition) is 1. The van der Waals surface area contributed by atoms with E-state index in [0.717, 1.165) is 35.3 Å². The molecule has 0 saturated carbocycles. The molecule has 2 atom stereocenters. The molecule has 7 nitrogen and oxygen atoms in total. The summed E-state index contributed by atoms with van der Waals surface area (Å²) in [6, 6.07) is 13.7. The zero-order valence-corrected chi connectivity index (χ0v) is 20.3. The molecule has 0 radical (unpaired) electrons. The third kappa shape index (κ3) is 4.40. The minimum atomic E-state index is 0.00701. The maximum atomic E-state index is 13.9. The second-order valence-corrected chi connectivity index (χ2v) is 9.56. The molecule has 4 aromatic rings. The number of aryl methyl sites for hydroxylation is 2. The predicted octanol–water partition coefficient (Wildman–Crippen LogP) is 5.64. The third-order valence-electron chi connectivity index (χ3n) is 6.54. The number of amides is 1. The normalized spacial score (nSPS) is 18.4. The monoisotopic (exact) mass is 477 g/mol. The molecule has 176 valence electrons. The van der Waals surface area contributed by atoms with Crippen LogP contribution in [-0.4, -0.2) is 44.7 Å². The number of rotatable bonds is 5. The molecule has 1 aliphatic heterocycles. The van der Waals surface area contributed by atoms with E-state index < -0.39 is 0 Å². The summed E-state index contributed by atoms with van der Waals surface area (Å²) in [6.07, 6.45) is 3.94. The van der Waals surface area contributed by atoms with Gasteiger partial charge in [0.05, 0.1) is 23.0 Å². The Morgan fingerprint density at radius 3 is 2.85 bits per heavy atom. The van der Waals surface area contributed by atoms with Crippen molar-refractivity contribution in [3.05, 3.63) is 70.5 Å². The molecule has 1 N–H and O–H groups in total. The highest BCUT2D eigenvalue weighted by Gasteiger charge is 2.33. The summed E-state index contributed by atoms with van der Waals surface area (Å²) in [7, 11) is 0. The topological polar surface area (TPSA) is 76.2 Å². The minimum absolute atomic E-state index is 0.00701. The molecule has 1 unspecified atom stereocenters. The lowest BCUT2D eigenvalue weighted by molar-refractivity contribution is 0.0539. The van der Waals surface area contributed by atoms with Crippen molar-refractivity contribution in [1.29, 1.82) is 0 Å². The molecule has 1 fully saturated rings. The number of nitrogens with zero attached hydrogens (tertiary/aromatic N) is 4. The van der Waals surface area contributed by atoms with Gasteiger partial charge >= 0.3 is 0 Å². The minimum Gasteiger partial charge on any atom is -0.424 e. The molecule has 1 aliphatic rings. The standard InChI is InChI=1S/C26H28ClN5O2/c1-16-6-9-22(32-12-10-18(3)30-32)20(13-16)25(33)31-11-4-5-17(2)23(31)15-28-26-29-21-8-7-19(27)14-24(21)34-26/h6-10,12-14,17,23H,4-5,11,15H2,1-3H3,(H,28,29)/t17-,23?/m1/s1. The fraction of sp³-hybridized carbons (Fsp3) is 0.346. The summed E-state index contributed by atoms with van der Waals surface area (Å²) in [4.78, 5) is 20.4. The van der Waals surface area contributed by atoms with Crippen LogP contribution in [0.5, 0.6) is 0 Å². The molecule has 34 heavy (non-hydrogen) atoms. The first-order valence-electron chi connectivity index (χ1n) is 11.6. The lowest BCUT2D eigenvalue weighted by atomic mass is 9.90. The molecule has 2 aromatic heterocycles. The van der Waals surface area contributed by atoms with Crippen LogP contribution >= 0.6 is 11.6 Å². The quantitative estimate of drug-likeness (QED) is 0.402. The van der Waals surface area contributed by atoms with Crippen LogP contribution in [0.3, 0.4) is 0 Å². The number of anilines is 1. The zero-order chi connectivity index (χ0) is 23.8. The molecule has 5 rings (SSSR count). The highest BCUT2D eigenvalue weighted by Crippen LogP contribution is 2.28. The fourth-order valence-electron chi connectivity index (χ4n) is 4.70. The van der Waals surface area contributed by atoms with Gasteiger partial charge in [0.25, 0.3) is 11.9 Å². The van der Waals surface area contributed by atoms with Crippen LogP contribution in [0.15, 0.2) is 53.1 Å². The van der Waals surface area contributed by atoms with Crippen LogP contribution in [0.2, 0.25) is 5.02 Å². The Hall–Kier alpha value is -3.32. The predicted molar refractivity (Wildman–Crippen MR) is 134 cm³/mol. The Morgan fingerprint density at radius 2 is 2.06 bits per heavy atom. The van der Waals surface area contributed by atoms with Crippen molar-refractivity contribution < 1.29 is 9.21 Å². The largest absolute Gasteiger partial charge is 0.424 e. The van der Waals surface area contributed by atoms with Crippen molar-refractivity contribution in [3.63, 3.8) is 0 Å². The molecule has 1 saturated heterocycles. The number of benzene rings is 2. The first-order chi connectivity index (χ1) is 16.4. The van der Waals surface area contributed by atoms with E-state index in [1.807, 2.05) is 55.3 Å². The Morgan fingerprint density at radius 1 is 1.21 bits per heavy atom. The number of hydrogen-bond acceptors (Lipinski definition) is 5. The maximum Gasteiger partial charge on any atom is 0.295 e. The number of oxazole rings is 1. The molecule has 8 heteroatoms. The van der Waals surface area contributed by atoms with E-state index in [0.29, 0.717) is 41.2 Å². The summed E-state index contributed by atoms with van der Waals surface area (Å²) < 4.78 is 7.61. The third-order valence-corrected chi connectivity index (χ3v) is 6.78. The summed E-state index contributed by atoms with van der Waals surface area (Å²) in [5.41, 5.74) is 4.80. The zero-order valence-electron chi connectivity index (χ0n) is 19.6. The number of nitrogens with one attached hydrogen (secondary N) is 1. The highest BCUT2D eigenvalue weighted by atomic mass is 35.5. The molecular weight excluding hydrogens is 450 g/mol. The first kappa shape index (κ1) is 22.5. The number of aromatic nitrogens is 3. The number of carbonyl (C=O) groups excluding carboxylic acids is 1. The fourth-order valence-corrected chi connectivity index (χ4v) is 4.87. The van der Waals surface area contributed by atoms with Gasteiger partial charge in [-0.05, 0) is 62.9 Å². The molecule has 0 aliphatic carbocycles. The SMILES string of the molecule is Cc1ccc(-n2ccc(C)n2)c(C(=O)N2CCC[C@@H](C)C2CNc2nc3ccc(Cl)cc3o2)c1. The van der Waals surface area contributed by atoms with Crippen molar-refractivity contribution >= 4 is 34.6 Å². The van der Waals surface area contributed by atoms with E-state index in [-0.39, 0.29) is 11.9 Å². The molecular formula is C26H28ClN5O2. The van der Waals surface area contributed by atoms with Gasteiger partial charge in [-0.15, -0.1) is 0 Å². The highest BCUT2D eigenvalue weighted by molar-refractivity contribution is 6.31. The van der Waals surface area contributed by atoms with Crippen molar-refractivity contribution in [2.45, 2.75) is 39.7 Å². The van der Waals surface area contributed by atoms with E-state index in [9.17, 15) is 4.79 Å². The van der Waals surface area contributed by atoms with Crippen LogP contribution in [0.4, 0.5) is 6.01 Å². The summed E-state index contributed by atoms with van der Waals surface area (Å²) in [6.45, 7) is 7.41. The van der Waals surface area contributed by atoms with Crippen molar-refractivity contribution in [2.75, 3.05) is 18.4 Å². The number of piperidine rings is 1. The number of halogens is 1. The molecule has 3 heterocycles. The second kappa shape index (κ2) is 9.14. The number of carbonyl (C=O) groups is 1. The Kier molecular flexibility index (Phi) is 6.04. The molecule has 1 amide bonds. The van der Waals surface area contributed by atoms with Gasteiger partial charge in [-0.2, -0.15) is 10.1 Å². The number of fused-ring (bicyclic) bond motifs is 1. The van der Waals surface area contributed by atoms with Gasteiger partial charge in [0.15, 0.2) is 5.58 Å². The van der Waals surface area contributed by atoms with E-state index >= 15 is 0 Å². The second-order valence-electron chi connectivity index (χ2n) is 9.12. The van der Waals surface area contributed by atoms with E-state index in [1.54, 1.807) is 16.8 Å². The van der Waals surface area contributed by atoms with Gasteiger partial charge in [-0.3, -0.25) is 4.79 Å². The Balaban J connectivity index is 1.41. The Labute approximate surface area is 203 Å². The van der Waals surface area contributed by atoms with E-state index in [1.165, 1.54) is 0 Å². The average Bonchev–Trinajstić information content (AvgIpc) is 3.43. The lowest BCUT2D eigenvalue weighted by Gasteiger charge is -2.40. The van der Waals surface area contributed by atoms with Gasteiger partial charge in [0.2, 0.25) is 0 Å². The summed E-state index contributed by atoms with van der Waals surface area (Å²) in [5.74, 6) is 0.360. The molecule has 0 spiro atoms. The number of likely N-dealkylation sites (tertiary alicyclic amines) is 1. The van der Waals surface area contributed by atoms with Crippen LogP contribution in [0.25, 0.3) is 16.8 Å². The smallest absolute Gasteiger partial charge is 0.295 e. The van der Waals surface area contributed by atoms with Gasteiger partial charge in [0.1, 0.15) is 5.52 Å². The first-order valence-corrected chi connectivity index (χ1v) is 12.0. The van der Waals surface area contributed by atoms with Crippen LogP contribution < -0.4 is 5.32 Å². The van der Waals surface area contributed by atoms with Crippen molar-refractivity contribution in [2.24, 2.45) is 5.92 Å². The van der Waals surface area contributed by atoms with Crippen LogP contribution in [0.1, 0.15) is 41.4 Å². The van der Waals surface area contributed by atoms with Crippen LogP contribution in [-0.2, 0) is 0 Å².